The molecular weight excluding hydrogens is 346 g/mol. The third-order valence-corrected chi connectivity index (χ3v) is 4.73. The number of hydrogen-bond acceptors (Lipinski definition) is 6. The molecule has 0 aliphatic carbocycles. The van der Waals surface area contributed by atoms with E-state index in [0.717, 1.165) is 5.56 Å². The van der Waals surface area contributed by atoms with E-state index in [1.54, 1.807) is 18.2 Å². The Bertz CT molecular complexity index is 863. The molecule has 1 N–H and O–H groups in total. The van der Waals surface area contributed by atoms with Crippen LogP contribution in [0.15, 0.2) is 47.4 Å². The minimum Gasteiger partial charge on any atom is -0.497 e. The first-order valence-corrected chi connectivity index (χ1v) is 8.83. The highest BCUT2D eigenvalue weighted by Crippen LogP contribution is 2.28. The maximum Gasteiger partial charge on any atom is 0.326 e. The second-order valence-corrected chi connectivity index (χ2v) is 6.87. The van der Waals surface area contributed by atoms with E-state index >= 15 is 0 Å². The maximum atomic E-state index is 12.4. The number of ether oxygens (including phenoxy) is 3. The van der Waals surface area contributed by atoms with Crippen LogP contribution in [0.1, 0.15) is 5.56 Å². The number of aryl methyl sites for hydroxylation is 1. The second-order valence-electron chi connectivity index (χ2n) is 5.13. The van der Waals surface area contributed by atoms with Gasteiger partial charge < -0.3 is 14.2 Å². The van der Waals surface area contributed by atoms with Gasteiger partial charge in [0.15, 0.2) is 0 Å². The van der Waals surface area contributed by atoms with E-state index in [1.807, 2.05) is 13.0 Å². The fourth-order valence-corrected chi connectivity index (χ4v) is 3.19. The lowest BCUT2D eigenvalue weighted by Gasteiger charge is -2.12. The standard InChI is InChI=1S/C17H19NO6S/c1-12-5-4-6-14(9-12)24-17(19)11-18-25(20,21)16-8-7-13(22-2)10-15(16)23-3/h4-10,18H,11H2,1-3H3. The third-order valence-electron chi connectivity index (χ3n) is 3.29. The minimum absolute atomic E-state index is 0.0980. The van der Waals surface area contributed by atoms with E-state index in [4.69, 9.17) is 14.2 Å². The first kappa shape index (κ1) is 18.8. The lowest BCUT2D eigenvalue weighted by Crippen LogP contribution is -2.32. The van der Waals surface area contributed by atoms with Crippen LogP contribution >= 0.6 is 0 Å². The number of carbonyl (C=O) groups excluding carboxylic acids is 1. The lowest BCUT2D eigenvalue weighted by molar-refractivity contribution is -0.133. The Balaban J connectivity index is 2.07. The number of carbonyl (C=O) groups is 1. The van der Waals surface area contributed by atoms with Gasteiger partial charge in [-0.3, -0.25) is 4.79 Å². The topological polar surface area (TPSA) is 90.9 Å². The Hall–Kier alpha value is -2.58. The summed E-state index contributed by atoms with van der Waals surface area (Å²) in [4.78, 5) is 11.8. The summed E-state index contributed by atoms with van der Waals surface area (Å²) in [7, 11) is -1.15. The van der Waals surface area contributed by atoms with Crippen molar-refractivity contribution >= 4 is 16.0 Å². The Morgan fingerprint density at radius 1 is 1.04 bits per heavy atom. The number of methoxy groups -OCH3 is 2. The molecule has 2 aromatic carbocycles. The van der Waals surface area contributed by atoms with Gasteiger partial charge in [-0.25, -0.2) is 8.42 Å². The predicted molar refractivity (Wildman–Crippen MR) is 91.5 cm³/mol. The largest absolute Gasteiger partial charge is 0.497 e. The average Bonchev–Trinajstić information content (AvgIpc) is 2.59. The van der Waals surface area contributed by atoms with Crippen LogP contribution in [-0.2, 0) is 14.8 Å². The molecule has 2 rings (SSSR count). The Kier molecular flexibility index (Phi) is 6.00. The summed E-state index contributed by atoms with van der Waals surface area (Å²) in [6, 6.07) is 11.2. The van der Waals surface area contributed by atoms with Gasteiger partial charge in [-0.1, -0.05) is 12.1 Å². The SMILES string of the molecule is COc1ccc(S(=O)(=O)NCC(=O)Oc2cccc(C)c2)c(OC)c1. The van der Waals surface area contributed by atoms with Gasteiger partial charge in [-0.15, -0.1) is 0 Å². The normalized spacial score (nSPS) is 11.0. The molecule has 0 fully saturated rings. The van der Waals surface area contributed by atoms with Crippen molar-refractivity contribution in [3.05, 3.63) is 48.0 Å². The molecule has 0 heterocycles. The van der Waals surface area contributed by atoms with Gasteiger partial charge in [0, 0.05) is 6.07 Å². The van der Waals surface area contributed by atoms with Gasteiger partial charge in [0.05, 0.1) is 14.2 Å². The molecule has 0 aliphatic rings. The number of sulfonamides is 1. The van der Waals surface area contributed by atoms with Gasteiger partial charge in [0.25, 0.3) is 0 Å². The summed E-state index contributed by atoms with van der Waals surface area (Å²) in [6.45, 7) is 1.35. The maximum absolute atomic E-state index is 12.4. The fraction of sp³-hybridized carbons (Fsp3) is 0.235. The zero-order valence-corrected chi connectivity index (χ0v) is 14.9. The molecule has 0 radical (unpaired) electrons. The molecule has 0 spiro atoms. The van der Waals surface area contributed by atoms with Crippen LogP contribution in [-0.4, -0.2) is 35.2 Å². The van der Waals surface area contributed by atoms with Crippen LogP contribution < -0.4 is 18.9 Å². The van der Waals surface area contributed by atoms with Gasteiger partial charge in [0.1, 0.15) is 28.7 Å². The van der Waals surface area contributed by atoms with Crippen LogP contribution in [0.5, 0.6) is 17.2 Å². The monoisotopic (exact) mass is 365 g/mol. The smallest absolute Gasteiger partial charge is 0.326 e. The van der Waals surface area contributed by atoms with E-state index < -0.39 is 22.5 Å². The zero-order valence-electron chi connectivity index (χ0n) is 14.1. The van der Waals surface area contributed by atoms with Crippen LogP contribution in [0.4, 0.5) is 0 Å². The van der Waals surface area contributed by atoms with Crippen molar-refractivity contribution < 1.29 is 27.4 Å². The van der Waals surface area contributed by atoms with E-state index in [-0.39, 0.29) is 10.6 Å². The molecule has 0 atom stereocenters. The number of hydrogen-bond donors (Lipinski definition) is 1. The average molecular weight is 365 g/mol. The molecule has 134 valence electrons. The van der Waals surface area contributed by atoms with Gasteiger partial charge in [-0.05, 0) is 36.8 Å². The van der Waals surface area contributed by atoms with Gasteiger partial charge >= 0.3 is 5.97 Å². The van der Waals surface area contributed by atoms with Crippen molar-refractivity contribution in [2.75, 3.05) is 20.8 Å². The molecule has 25 heavy (non-hydrogen) atoms. The summed E-state index contributed by atoms with van der Waals surface area (Å²) in [5, 5.41) is 0. The van der Waals surface area contributed by atoms with Crippen LogP contribution in [0, 0.1) is 6.92 Å². The summed E-state index contributed by atoms with van der Waals surface area (Å²) in [6.07, 6.45) is 0. The Morgan fingerprint density at radius 2 is 1.80 bits per heavy atom. The van der Waals surface area contributed by atoms with E-state index in [2.05, 4.69) is 4.72 Å². The van der Waals surface area contributed by atoms with E-state index in [0.29, 0.717) is 11.5 Å². The second kappa shape index (κ2) is 8.00. The van der Waals surface area contributed by atoms with Gasteiger partial charge in [-0.2, -0.15) is 4.72 Å². The van der Waals surface area contributed by atoms with E-state index in [9.17, 15) is 13.2 Å². The summed E-state index contributed by atoms with van der Waals surface area (Å²) in [5.74, 6) is 0.196. The number of benzene rings is 2. The number of esters is 1. The molecule has 0 amide bonds. The minimum atomic E-state index is -3.95. The van der Waals surface area contributed by atoms with Crippen molar-refractivity contribution in [2.45, 2.75) is 11.8 Å². The Morgan fingerprint density at radius 3 is 2.44 bits per heavy atom. The Labute approximate surface area is 146 Å². The summed E-state index contributed by atoms with van der Waals surface area (Å²) >= 11 is 0. The molecule has 8 heteroatoms. The predicted octanol–water partition coefficient (Wildman–Crippen LogP) is 1.90. The highest BCUT2D eigenvalue weighted by Gasteiger charge is 2.21. The van der Waals surface area contributed by atoms with Crippen molar-refractivity contribution in [1.29, 1.82) is 0 Å². The molecule has 0 aliphatic heterocycles. The third kappa shape index (κ3) is 4.94. The first-order valence-electron chi connectivity index (χ1n) is 7.35. The molecule has 0 unspecified atom stereocenters. The molecule has 0 bridgehead atoms. The highest BCUT2D eigenvalue weighted by atomic mass is 32.2. The van der Waals surface area contributed by atoms with E-state index in [1.165, 1.54) is 32.4 Å². The van der Waals surface area contributed by atoms with Crippen molar-refractivity contribution in [1.82, 2.24) is 4.72 Å². The summed E-state index contributed by atoms with van der Waals surface area (Å²) < 4.78 is 42.2. The van der Waals surface area contributed by atoms with Crippen LogP contribution in [0.25, 0.3) is 0 Å². The number of rotatable bonds is 7. The first-order chi connectivity index (χ1) is 11.9. The van der Waals surface area contributed by atoms with Crippen molar-refractivity contribution in [3.63, 3.8) is 0 Å². The molecule has 2 aromatic rings. The number of nitrogens with one attached hydrogen (secondary N) is 1. The van der Waals surface area contributed by atoms with Gasteiger partial charge in [0.2, 0.25) is 10.0 Å². The van der Waals surface area contributed by atoms with Crippen molar-refractivity contribution in [3.8, 4) is 17.2 Å². The fourth-order valence-electron chi connectivity index (χ4n) is 2.07. The molecule has 7 nitrogen and oxygen atoms in total. The lowest BCUT2D eigenvalue weighted by atomic mass is 10.2. The van der Waals surface area contributed by atoms with Crippen LogP contribution in [0.2, 0.25) is 0 Å². The quantitative estimate of drug-likeness (QED) is 0.595. The van der Waals surface area contributed by atoms with Crippen LogP contribution in [0.3, 0.4) is 0 Å². The highest BCUT2D eigenvalue weighted by molar-refractivity contribution is 7.89. The molecule has 0 aromatic heterocycles. The molecule has 0 saturated carbocycles. The summed E-state index contributed by atoms with van der Waals surface area (Å²) in [5.41, 5.74) is 0.925. The molecule has 0 saturated heterocycles. The van der Waals surface area contributed by atoms with Crippen molar-refractivity contribution in [2.24, 2.45) is 0 Å². The molecular formula is C17H19NO6S. The zero-order chi connectivity index (χ0) is 18.4.